The minimum absolute atomic E-state index is 0.0438. The van der Waals surface area contributed by atoms with Gasteiger partial charge in [0.05, 0.1) is 12.8 Å². The highest BCUT2D eigenvalue weighted by atomic mass is 32.2. The van der Waals surface area contributed by atoms with E-state index in [0.717, 1.165) is 11.0 Å². The molecule has 0 aromatic rings. The maximum atomic E-state index is 11.7. The molecule has 2 aliphatic heterocycles. The fourth-order valence-electron chi connectivity index (χ4n) is 2.11. The second-order valence-electron chi connectivity index (χ2n) is 5.07. The summed E-state index contributed by atoms with van der Waals surface area (Å²) in [7, 11) is -4.81. The molecular formula is C12H12N2O9S. The lowest BCUT2D eigenvalue weighted by Gasteiger charge is -2.16. The Balaban J connectivity index is 1.94. The molecule has 1 unspecified atom stereocenters. The molecule has 12 heteroatoms. The Hall–Kier alpha value is -2.60. The van der Waals surface area contributed by atoms with E-state index < -0.39 is 57.8 Å². The molecule has 24 heavy (non-hydrogen) atoms. The van der Waals surface area contributed by atoms with Crippen LogP contribution in [0.25, 0.3) is 0 Å². The molecule has 1 atom stereocenters. The van der Waals surface area contributed by atoms with Gasteiger partial charge in [-0.05, 0) is 6.92 Å². The van der Waals surface area contributed by atoms with Crippen molar-refractivity contribution >= 4 is 39.7 Å². The van der Waals surface area contributed by atoms with E-state index in [9.17, 15) is 32.4 Å². The summed E-state index contributed by atoms with van der Waals surface area (Å²) in [6.45, 7) is 1.10. The zero-order valence-electron chi connectivity index (χ0n) is 12.3. The van der Waals surface area contributed by atoms with Crippen molar-refractivity contribution in [2.75, 3.05) is 6.54 Å². The van der Waals surface area contributed by atoms with E-state index in [1.807, 2.05) is 0 Å². The lowest BCUT2D eigenvalue weighted by molar-refractivity contribution is -0.197. The summed E-state index contributed by atoms with van der Waals surface area (Å²) >= 11 is 0. The number of rotatable bonds is 5. The Morgan fingerprint density at radius 2 is 1.96 bits per heavy atom. The van der Waals surface area contributed by atoms with Crippen LogP contribution in [0.5, 0.6) is 0 Å². The van der Waals surface area contributed by atoms with E-state index in [1.54, 1.807) is 0 Å². The minimum Gasteiger partial charge on any atom is -0.330 e. The van der Waals surface area contributed by atoms with Gasteiger partial charge in [-0.1, -0.05) is 0 Å². The molecule has 11 nitrogen and oxygen atoms in total. The van der Waals surface area contributed by atoms with Crippen LogP contribution in [0, 0.1) is 0 Å². The van der Waals surface area contributed by atoms with Crippen LogP contribution in [0.1, 0.15) is 19.8 Å². The smallest absolute Gasteiger partial charge is 0.330 e. The van der Waals surface area contributed by atoms with Crippen LogP contribution >= 0.6 is 0 Å². The SMILES string of the molecule is CC1=CC(=O)N(CCC(=O)ON2C(=O)CC(S(=O)(=O)O)C2=O)C1=O. The second-order valence-corrected chi connectivity index (χ2v) is 6.67. The van der Waals surface area contributed by atoms with Crippen LogP contribution in [-0.2, 0) is 38.9 Å². The number of hydrogen-bond donors (Lipinski definition) is 1. The number of imide groups is 2. The molecule has 0 aromatic carbocycles. The fraction of sp³-hybridized carbons (Fsp3) is 0.417. The predicted octanol–water partition coefficient (Wildman–Crippen LogP) is -1.83. The number of hydroxylamine groups is 2. The summed E-state index contributed by atoms with van der Waals surface area (Å²) < 4.78 is 30.7. The molecule has 130 valence electrons. The maximum absolute atomic E-state index is 11.7. The van der Waals surface area contributed by atoms with Gasteiger partial charge in [-0.2, -0.15) is 8.42 Å². The van der Waals surface area contributed by atoms with Gasteiger partial charge in [0.1, 0.15) is 0 Å². The summed E-state index contributed by atoms with van der Waals surface area (Å²) in [4.78, 5) is 63.2. The Morgan fingerprint density at radius 1 is 1.33 bits per heavy atom. The van der Waals surface area contributed by atoms with Crippen molar-refractivity contribution in [2.24, 2.45) is 0 Å². The van der Waals surface area contributed by atoms with Gasteiger partial charge in [0.15, 0.2) is 5.25 Å². The zero-order chi connectivity index (χ0) is 18.2. The Morgan fingerprint density at radius 3 is 2.42 bits per heavy atom. The number of hydrogen-bond acceptors (Lipinski definition) is 8. The molecule has 0 aromatic heterocycles. The quantitative estimate of drug-likeness (QED) is 0.440. The van der Waals surface area contributed by atoms with Crippen LogP contribution in [0.4, 0.5) is 0 Å². The summed E-state index contributed by atoms with van der Waals surface area (Å²) in [5, 5.41) is -2.07. The Bertz CT molecular complexity index is 782. The second kappa shape index (κ2) is 6.13. The number of nitrogens with zero attached hydrogens (tertiary/aromatic N) is 2. The molecule has 0 bridgehead atoms. The topological polar surface area (TPSA) is 155 Å². The number of amides is 4. The summed E-state index contributed by atoms with van der Waals surface area (Å²) in [5.41, 5.74) is 0.203. The van der Waals surface area contributed by atoms with Crippen molar-refractivity contribution in [2.45, 2.75) is 25.0 Å². The van der Waals surface area contributed by atoms with Crippen LogP contribution < -0.4 is 0 Å². The Labute approximate surface area is 135 Å². The summed E-state index contributed by atoms with van der Waals surface area (Å²) in [6.07, 6.45) is -0.263. The monoisotopic (exact) mass is 360 g/mol. The number of carbonyl (C=O) groups is 5. The van der Waals surface area contributed by atoms with Gasteiger partial charge in [0.2, 0.25) is 0 Å². The molecule has 2 heterocycles. The van der Waals surface area contributed by atoms with E-state index in [4.69, 9.17) is 4.55 Å². The molecule has 4 amide bonds. The minimum atomic E-state index is -4.81. The average molecular weight is 360 g/mol. The van der Waals surface area contributed by atoms with Gasteiger partial charge in [-0.25, -0.2) is 4.79 Å². The largest absolute Gasteiger partial charge is 0.335 e. The van der Waals surface area contributed by atoms with E-state index >= 15 is 0 Å². The molecule has 1 N–H and O–H groups in total. The van der Waals surface area contributed by atoms with Crippen molar-refractivity contribution < 1.29 is 41.8 Å². The van der Waals surface area contributed by atoms with E-state index in [0.29, 0.717) is 0 Å². The third-order valence-electron chi connectivity index (χ3n) is 3.34. The summed E-state index contributed by atoms with van der Waals surface area (Å²) in [6, 6.07) is 0. The highest BCUT2D eigenvalue weighted by Crippen LogP contribution is 2.20. The molecule has 1 fully saturated rings. The molecule has 0 spiro atoms. The third-order valence-corrected chi connectivity index (χ3v) is 4.43. The van der Waals surface area contributed by atoms with Crippen LogP contribution in [0.15, 0.2) is 11.6 Å². The van der Waals surface area contributed by atoms with Crippen molar-refractivity contribution in [3.05, 3.63) is 11.6 Å². The van der Waals surface area contributed by atoms with Crippen molar-refractivity contribution in [3.8, 4) is 0 Å². The molecule has 0 aliphatic carbocycles. The zero-order valence-corrected chi connectivity index (χ0v) is 13.1. The fourth-order valence-corrected chi connectivity index (χ4v) is 2.81. The van der Waals surface area contributed by atoms with Gasteiger partial charge in [-0.3, -0.25) is 28.6 Å². The van der Waals surface area contributed by atoms with Gasteiger partial charge < -0.3 is 4.84 Å². The lowest BCUT2D eigenvalue weighted by atomic mass is 10.3. The molecule has 0 saturated carbocycles. The van der Waals surface area contributed by atoms with Crippen molar-refractivity contribution in [1.29, 1.82) is 0 Å². The molecule has 2 rings (SSSR count). The van der Waals surface area contributed by atoms with Gasteiger partial charge in [0, 0.05) is 18.2 Å². The highest BCUT2D eigenvalue weighted by molar-refractivity contribution is 7.87. The highest BCUT2D eigenvalue weighted by Gasteiger charge is 2.48. The normalized spacial score (nSPS) is 21.6. The third kappa shape index (κ3) is 3.33. The Kier molecular flexibility index (Phi) is 4.53. The first kappa shape index (κ1) is 17.7. The first-order valence-electron chi connectivity index (χ1n) is 6.60. The molecule has 0 radical (unpaired) electrons. The standard InChI is InChI=1S/C12H12N2O9S/c1-6-4-8(15)13(11(6)18)3-2-10(17)23-14-9(16)5-7(12(14)19)24(20,21)22/h4,7H,2-3,5H2,1H3,(H,20,21,22). The molecular weight excluding hydrogens is 348 g/mol. The average Bonchev–Trinajstić information content (AvgIpc) is 2.87. The first-order chi connectivity index (χ1) is 11.0. The lowest BCUT2D eigenvalue weighted by Crippen LogP contribution is -2.38. The van der Waals surface area contributed by atoms with Gasteiger partial charge in [-0.15, -0.1) is 5.06 Å². The van der Waals surface area contributed by atoms with E-state index in [2.05, 4.69) is 4.84 Å². The van der Waals surface area contributed by atoms with Crippen LogP contribution in [0.3, 0.4) is 0 Å². The van der Waals surface area contributed by atoms with Crippen LogP contribution in [-0.4, -0.2) is 64.3 Å². The molecule has 1 saturated heterocycles. The first-order valence-corrected chi connectivity index (χ1v) is 8.10. The maximum Gasteiger partial charge on any atom is 0.335 e. The van der Waals surface area contributed by atoms with Crippen LogP contribution in [0.2, 0.25) is 0 Å². The van der Waals surface area contributed by atoms with Gasteiger partial charge in [0.25, 0.3) is 33.7 Å². The van der Waals surface area contributed by atoms with E-state index in [1.165, 1.54) is 6.92 Å². The van der Waals surface area contributed by atoms with Gasteiger partial charge >= 0.3 is 5.97 Å². The predicted molar refractivity (Wildman–Crippen MR) is 73.0 cm³/mol. The van der Waals surface area contributed by atoms with Crippen molar-refractivity contribution in [1.82, 2.24) is 9.96 Å². The van der Waals surface area contributed by atoms with E-state index in [-0.39, 0.29) is 17.2 Å². The summed E-state index contributed by atoms with van der Waals surface area (Å²) in [5.74, 6) is -4.81. The van der Waals surface area contributed by atoms with Crippen molar-refractivity contribution in [3.63, 3.8) is 0 Å². The number of carbonyl (C=O) groups excluding carboxylic acids is 5. The molecule has 2 aliphatic rings.